The van der Waals surface area contributed by atoms with Gasteiger partial charge in [-0.2, -0.15) is 0 Å². The molecule has 3 heteroatoms. The summed E-state index contributed by atoms with van der Waals surface area (Å²) in [5, 5.41) is 2.23. The maximum Gasteiger partial charge on any atom is 0.0593 e. The molecule has 0 saturated carbocycles. The summed E-state index contributed by atoms with van der Waals surface area (Å²) in [6.45, 7) is 7.85. The average Bonchev–Trinajstić information content (AvgIpc) is 2.52. The number of rotatable bonds is 6. The highest BCUT2D eigenvalue weighted by Gasteiger charge is 2.01. The van der Waals surface area contributed by atoms with Crippen molar-refractivity contribution in [3.8, 4) is 0 Å². The zero-order chi connectivity index (χ0) is 10.4. The number of thiophene rings is 1. The van der Waals surface area contributed by atoms with Gasteiger partial charge in [0.2, 0.25) is 0 Å². The van der Waals surface area contributed by atoms with Gasteiger partial charge in [-0.3, -0.25) is 4.90 Å². The van der Waals surface area contributed by atoms with Crippen LogP contribution in [0.1, 0.15) is 17.4 Å². The van der Waals surface area contributed by atoms with Crippen LogP contribution in [0.2, 0.25) is 0 Å². The Morgan fingerprint density at radius 2 is 2.29 bits per heavy atom. The van der Waals surface area contributed by atoms with Crippen molar-refractivity contribution in [2.24, 2.45) is 0 Å². The van der Waals surface area contributed by atoms with Crippen LogP contribution in [-0.4, -0.2) is 31.7 Å². The van der Waals surface area contributed by atoms with Crippen LogP contribution in [0.25, 0.3) is 0 Å². The molecule has 1 rings (SSSR count). The molecule has 0 aliphatic carbocycles. The van der Waals surface area contributed by atoms with Gasteiger partial charge in [0.1, 0.15) is 0 Å². The van der Waals surface area contributed by atoms with Gasteiger partial charge in [-0.15, -0.1) is 11.3 Å². The van der Waals surface area contributed by atoms with Gasteiger partial charge in [0.15, 0.2) is 0 Å². The molecule has 0 N–H and O–H groups in total. The van der Waals surface area contributed by atoms with Crippen molar-refractivity contribution >= 4 is 11.3 Å². The van der Waals surface area contributed by atoms with Gasteiger partial charge in [0.05, 0.1) is 6.61 Å². The lowest BCUT2D eigenvalue weighted by atomic mass is 10.3. The van der Waals surface area contributed by atoms with Gasteiger partial charge < -0.3 is 4.74 Å². The van der Waals surface area contributed by atoms with Crippen molar-refractivity contribution in [2.45, 2.75) is 20.4 Å². The van der Waals surface area contributed by atoms with E-state index in [1.807, 2.05) is 18.3 Å². The molecule has 1 heterocycles. The summed E-state index contributed by atoms with van der Waals surface area (Å²) in [5.41, 5.74) is 1.41. The highest BCUT2D eigenvalue weighted by Crippen LogP contribution is 2.14. The van der Waals surface area contributed by atoms with E-state index in [-0.39, 0.29) is 0 Å². The molecule has 0 radical (unpaired) electrons. The summed E-state index contributed by atoms with van der Waals surface area (Å²) >= 11 is 1.82. The Hall–Kier alpha value is -0.380. The highest BCUT2D eigenvalue weighted by atomic mass is 32.1. The van der Waals surface area contributed by atoms with Crippen molar-refractivity contribution in [1.29, 1.82) is 0 Å². The third-order valence-corrected chi connectivity index (χ3v) is 2.97. The molecule has 0 aliphatic heterocycles. The van der Waals surface area contributed by atoms with Crippen LogP contribution in [0.3, 0.4) is 0 Å². The van der Waals surface area contributed by atoms with Crippen LogP contribution < -0.4 is 0 Å². The fourth-order valence-corrected chi connectivity index (χ4v) is 2.04. The molecular formula is C11H19NOS. The minimum Gasteiger partial charge on any atom is -0.380 e. The molecule has 80 valence electrons. The molecule has 0 amide bonds. The van der Waals surface area contributed by atoms with E-state index in [1.54, 1.807) is 0 Å². The summed E-state index contributed by atoms with van der Waals surface area (Å²) in [6, 6.07) is 2.25. The number of hydrogen-bond acceptors (Lipinski definition) is 3. The van der Waals surface area contributed by atoms with Crippen molar-refractivity contribution in [3.63, 3.8) is 0 Å². The van der Waals surface area contributed by atoms with Gasteiger partial charge >= 0.3 is 0 Å². The Kier molecular flexibility index (Phi) is 5.15. The first-order valence-corrected chi connectivity index (χ1v) is 5.90. The summed E-state index contributed by atoms with van der Waals surface area (Å²) in [7, 11) is 2.13. The molecule has 0 aliphatic rings. The molecule has 2 nitrogen and oxygen atoms in total. The second-order valence-corrected chi connectivity index (χ2v) is 4.62. The summed E-state index contributed by atoms with van der Waals surface area (Å²) in [6.07, 6.45) is 0. The van der Waals surface area contributed by atoms with Crippen molar-refractivity contribution in [3.05, 3.63) is 21.9 Å². The smallest absolute Gasteiger partial charge is 0.0593 e. The van der Waals surface area contributed by atoms with Crippen molar-refractivity contribution < 1.29 is 4.74 Å². The molecule has 1 aromatic rings. The predicted octanol–water partition coefficient (Wildman–Crippen LogP) is 2.52. The maximum atomic E-state index is 5.31. The quantitative estimate of drug-likeness (QED) is 0.673. The van der Waals surface area contributed by atoms with Crippen molar-refractivity contribution in [2.75, 3.05) is 26.8 Å². The van der Waals surface area contributed by atoms with Gasteiger partial charge in [0, 0.05) is 24.6 Å². The second kappa shape index (κ2) is 6.17. The van der Waals surface area contributed by atoms with E-state index in [0.29, 0.717) is 0 Å². The van der Waals surface area contributed by atoms with Gasteiger partial charge in [-0.1, -0.05) is 0 Å². The monoisotopic (exact) mass is 213 g/mol. The lowest BCUT2D eigenvalue weighted by Gasteiger charge is -2.15. The van der Waals surface area contributed by atoms with E-state index in [1.165, 1.54) is 10.4 Å². The lowest BCUT2D eigenvalue weighted by Crippen LogP contribution is -2.22. The molecule has 14 heavy (non-hydrogen) atoms. The van der Waals surface area contributed by atoms with Gasteiger partial charge in [-0.05, 0) is 37.9 Å². The molecular weight excluding hydrogens is 194 g/mol. The number of ether oxygens (including phenoxy) is 1. The summed E-state index contributed by atoms with van der Waals surface area (Å²) in [5.74, 6) is 0. The molecule has 0 spiro atoms. The molecule has 0 bridgehead atoms. The van der Waals surface area contributed by atoms with E-state index in [0.717, 1.165) is 26.3 Å². The standard InChI is InChI=1S/C11H19NOS/c1-4-13-6-5-12(3)8-11-7-10(2)14-9-11/h7,9H,4-6,8H2,1-3H3. The van der Waals surface area contributed by atoms with Crippen LogP contribution >= 0.6 is 11.3 Å². The van der Waals surface area contributed by atoms with Crippen LogP contribution in [0.15, 0.2) is 11.4 Å². The predicted molar refractivity (Wildman–Crippen MR) is 61.9 cm³/mol. The number of nitrogens with zero attached hydrogens (tertiary/aromatic N) is 1. The Balaban J connectivity index is 2.23. The summed E-state index contributed by atoms with van der Waals surface area (Å²) in [4.78, 5) is 3.68. The van der Waals surface area contributed by atoms with Crippen molar-refractivity contribution in [1.82, 2.24) is 4.90 Å². The molecule has 0 aromatic carbocycles. The van der Waals surface area contributed by atoms with Crippen LogP contribution in [0.4, 0.5) is 0 Å². The Morgan fingerprint density at radius 3 is 2.86 bits per heavy atom. The lowest BCUT2D eigenvalue weighted by molar-refractivity contribution is 0.120. The number of likely N-dealkylation sites (N-methyl/N-ethyl adjacent to an activating group) is 1. The third kappa shape index (κ3) is 4.22. The number of aryl methyl sites for hydroxylation is 1. The first-order valence-electron chi connectivity index (χ1n) is 5.02. The molecule has 0 saturated heterocycles. The van der Waals surface area contributed by atoms with Crippen LogP contribution in [0.5, 0.6) is 0 Å². The largest absolute Gasteiger partial charge is 0.380 e. The van der Waals surface area contributed by atoms with Gasteiger partial charge in [0.25, 0.3) is 0 Å². The SMILES string of the molecule is CCOCCN(C)Cc1csc(C)c1. The van der Waals surface area contributed by atoms with E-state index in [4.69, 9.17) is 4.74 Å². The molecule has 1 aromatic heterocycles. The Bertz CT molecular complexity index is 260. The minimum absolute atomic E-state index is 0.811. The number of hydrogen-bond donors (Lipinski definition) is 0. The topological polar surface area (TPSA) is 12.5 Å². The first kappa shape index (κ1) is 11.7. The van der Waals surface area contributed by atoms with E-state index < -0.39 is 0 Å². The summed E-state index contributed by atoms with van der Waals surface area (Å²) < 4.78 is 5.31. The zero-order valence-electron chi connectivity index (χ0n) is 9.25. The Morgan fingerprint density at radius 1 is 1.50 bits per heavy atom. The van der Waals surface area contributed by atoms with Gasteiger partial charge in [-0.25, -0.2) is 0 Å². The third-order valence-electron chi connectivity index (χ3n) is 2.06. The highest BCUT2D eigenvalue weighted by molar-refractivity contribution is 7.10. The fraction of sp³-hybridized carbons (Fsp3) is 0.636. The fourth-order valence-electron chi connectivity index (χ4n) is 1.34. The maximum absolute atomic E-state index is 5.31. The minimum atomic E-state index is 0.811. The average molecular weight is 213 g/mol. The molecule has 0 fully saturated rings. The molecule has 0 atom stereocenters. The normalized spacial score (nSPS) is 11.1. The second-order valence-electron chi connectivity index (χ2n) is 3.50. The Labute approximate surface area is 90.5 Å². The molecule has 0 unspecified atom stereocenters. The van der Waals surface area contributed by atoms with E-state index in [2.05, 4.69) is 30.3 Å². The first-order chi connectivity index (χ1) is 6.72. The van der Waals surface area contributed by atoms with E-state index >= 15 is 0 Å². The van der Waals surface area contributed by atoms with E-state index in [9.17, 15) is 0 Å². The zero-order valence-corrected chi connectivity index (χ0v) is 10.1. The van der Waals surface area contributed by atoms with Crippen LogP contribution in [0, 0.1) is 6.92 Å². The van der Waals surface area contributed by atoms with Crippen LogP contribution in [-0.2, 0) is 11.3 Å².